The molecule has 0 saturated heterocycles. The second kappa shape index (κ2) is 7.59. The summed E-state index contributed by atoms with van der Waals surface area (Å²) in [5.41, 5.74) is 0.952. The van der Waals surface area contributed by atoms with Crippen LogP contribution in [-0.2, 0) is 6.54 Å². The highest BCUT2D eigenvalue weighted by Gasteiger charge is 2.11. The van der Waals surface area contributed by atoms with E-state index in [0.717, 1.165) is 36.2 Å². The highest BCUT2D eigenvalue weighted by atomic mass is 35.5. The normalized spacial score (nSPS) is 12.8. The van der Waals surface area contributed by atoms with Crippen LogP contribution in [-0.4, -0.2) is 30.0 Å². The van der Waals surface area contributed by atoms with Gasteiger partial charge in [-0.1, -0.05) is 38.8 Å². The van der Waals surface area contributed by atoms with Crippen LogP contribution in [0.15, 0.2) is 12.1 Å². The van der Waals surface area contributed by atoms with Crippen LogP contribution in [0.2, 0.25) is 5.02 Å². The summed E-state index contributed by atoms with van der Waals surface area (Å²) in [4.78, 5) is 6.92. The van der Waals surface area contributed by atoms with Gasteiger partial charge in [0.2, 0.25) is 0 Å². The van der Waals surface area contributed by atoms with Crippen LogP contribution < -0.4 is 5.32 Å². The van der Waals surface area contributed by atoms with Gasteiger partial charge >= 0.3 is 0 Å². The highest BCUT2D eigenvalue weighted by Crippen LogP contribution is 2.19. The van der Waals surface area contributed by atoms with Gasteiger partial charge in [-0.2, -0.15) is 0 Å². The molecule has 0 aliphatic rings. The van der Waals surface area contributed by atoms with E-state index >= 15 is 0 Å². The summed E-state index contributed by atoms with van der Waals surface area (Å²) in [6.45, 7) is 9.61. The molecule has 18 heavy (non-hydrogen) atoms. The highest BCUT2D eigenvalue weighted by molar-refractivity contribution is 6.31. The Labute approximate surface area is 116 Å². The Hall–Kier alpha value is -0.800. The van der Waals surface area contributed by atoms with Crippen molar-refractivity contribution in [3.05, 3.63) is 22.8 Å². The minimum absolute atomic E-state index is 0.705. The first-order chi connectivity index (χ1) is 8.60. The topological polar surface area (TPSA) is 28.2 Å². The number of anilines is 1. The van der Waals surface area contributed by atoms with Crippen molar-refractivity contribution in [2.24, 2.45) is 5.92 Å². The molecule has 1 aromatic heterocycles. The number of hydrogen-bond donors (Lipinski definition) is 1. The van der Waals surface area contributed by atoms with Crippen molar-refractivity contribution in [2.75, 3.05) is 25.5 Å². The summed E-state index contributed by atoms with van der Waals surface area (Å²) >= 11 is 6.21. The zero-order valence-corrected chi connectivity index (χ0v) is 12.6. The summed E-state index contributed by atoms with van der Waals surface area (Å²) in [5, 5.41) is 3.80. The van der Waals surface area contributed by atoms with E-state index < -0.39 is 0 Å². The smallest absolute Gasteiger partial charge is 0.126 e. The third-order valence-corrected chi connectivity index (χ3v) is 3.61. The SMILES string of the molecule is CCC(C)CN(CC)Cc1nc(NC)ccc1Cl. The van der Waals surface area contributed by atoms with E-state index in [-0.39, 0.29) is 0 Å². The third kappa shape index (κ3) is 4.46. The van der Waals surface area contributed by atoms with E-state index in [9.17, 15) is 0 Å². The molecule has 1 unspecified atom stereocenters. The number of halogens is 1. The zero-order chi connectivity index (χ0) is 13.5. The van der Waals surface area contributed by atoms with Crippen LogP contribution in [0.4, 0.5) is 5.82 Å². The first-order valence-corrected chi connectivity index (χ1v) is 7.04. The molecule has 4 heteroatoms. The van der Waals surface area contributed by atoms with Crippen molar-refractivity contribution in [2.45, 2.75) is 33.7 Å². The van der Waals surface area contributed by atoms with E-state index in [1.165, 1.54) is 6.42 Å². The Kier molecular flexibility index (Phi) is 6.44. The summed E-state index contributed by atoms with van der Waals surface area (Å²) in [6.07, 6.45) is 1.20. The molecule has 0 aromatic carbocycles. The van der Waals surface area contributed by atoms with Crippen molar-refractivity contribution in [1.82, 2.24) is 9.88 Å². The zero-order valence-electron chi connectivity index (χ0n) is 11.8. The second-order valence-corrected chi connectivity index (χ2v) is 5.12. The van der Waals surface area contributed by atoms with Crippen molar-refractivity contribution in [3.63, 3.8) is 0 Å². The molecule has 1 atom stereocenters. The van der Waals surface area contributed by atoms with Gasteiger partial charge in [0.1, 0.15) is 5.82 Å². The van der Waals surface area contributed by atoms with Gasteiger partial charge in [-0.05, 0) is 24.6 Å². The van der Waals surface area contributed by atoms with Gasteiger partial charge in [0.05, 0.1) is 10.7 Å². The van der Waals surface area contributed by atoms with Gasteiger partial charge in [0.25, 0.3) is 0 Å². The molecular formula is C14H24ClN3. The van der Waals surface area contributed by atoms with Crippen molar-refractivity contribution in [1.29, 1.82) is 0 Å². The molecule has 0 spiro atoms. The Morgan fingerprint density at radius 3 is 2.67 bits per heavy atom. The lowest BCUT2D eigenvalue weighted by molar-refractivity contribution is 0.236. The molecule has 0 fully saturated rings. The predicted octanol–water partition coefficient (Wildman–Crippen LogP) is 3.64. The molecular weight excluding hydrogens is 246 g/mol. The van der Waals surface area contributed by atoms with E-state index in [1.807, 2.05) is 19.2 Å². The molecule has 0 radical (unpaired) electrons. The van der Waals surface area contributed by atoms with Crippen LogP contribution in [0, 0.1) is 5.92 Å². The number of rotatable bonds is 7. The molecule has 3 nitrogen and oxygen atoms in total. The number of pyridine rings is 1. The Morgan fingerprint density at radius 1 is 1.39 bits per heavy atom. The maximum Gasteiger partial charge on any atom is 0.126 e. The largest absolute Gasteiger partial charge is 0.373 e. The summed E-state index contributed by atoms with van der Waals surface area (Å²) in [5.74, 6) is 1.57. The number of nitrogens with one attached hydrogen (secondary N) is 1. The predicted molar refractivity (Wildman–Crippen MR) is 79.2 cm³/mol. The summed E-state index contributed by atoms with van der Waals surface area (Å²) < 4.78 is 0. The minimum atomic E-state index is 0.705. The summed E-state index contributed by atoms with van der Waals surface area (Å²) in [7, 11) is 1.87. The summed E-state index contributed by atoms with van der Waals surface area (Å²) in [6, 6.07) is 3.81. The standard InChI is InChI=1S/C14H24ClN3/c1-5-11(3)9-18(6-2)10-13-12(15)7-8-14(16-4)17-13/h7-8,11H,5-6,9-10H2,1-4H3,(H,16,17). The molecule has 102 valence electrons. The van der Waals surface area contributed by atoms with E-state index in [1.54, 1.807) is 0 Å². The lowest BCUT2D eigenvalue weighted by atomic mass is 10.1. The molecule has 1 N–H and O–H groups in total. The van der Waals surface area contributed by atoms with E-state index in [2.05, 4.69) is 36.0 Å². The Balaban J connectivity index is 2.74. The number of aromatic nitrogens is 1. The maximum atomic E-state index is 6.21. The van der Waals surface area contributed by atoms with Crippen molar-refractivity contribution < 1.29 is 0 Å². The van der Waals surface area contributed by atoms with Crippen LogP contribution >= 0.6 is 11.6 Å². The maximum absolute atomic E-state index is 6.21. The molecule has 0 bridgehead atoms. The first-order valence-electron chi connectivity index (χ1n) is 6.66. The fourth-order valence-electron chi connectivity index (χ4n) is 1.82. The molecule has 0 aliphatic carbocycles. The fourth-order valence-corrected chi connectivity index (χ4v) is 1.99. The van der Waals surface area contributed by atoms with Crippen LogP contribution in [0.1, 0.15) is 32.9 Å². The van der Waals surface area contributed by atoms with Crippen molar-refractivity contribution >= 4 is 17.4 Å². The molecule has 1 rings (SSSR count). The lowest BCUT2D eigenvalue weighted by Gasteiger charge is -2.23. The molecule has 0 saturated carbocycles. The van der Waals surface area contributed by atoms with Gasteiger partial charge in [-0.3, -0.25) is 4.90 Å². The van der Waals surface area contributed by atoms with Crippen LogP contribution in [0.3, 0.4) is 0 Å². The van der Waals surface area contributed by atoms with Gasteiger partial charge in [0.15, 0.2) is 0 Å². The average molecular weight is 270 g/mol. The first kappa shape index (κ1) is 15.3. The van der Waals surface area contributed by atoms with Gasteiger partial charge < -0.3 is 5.32 Å². The van der Waals surface area contributed by atoms with E-state index in [4.69, 9.17) is 11.6 Å². The molecule has 0 amide bonds. The van der Waals surface area contributed by atoms with Gasteiger partial charge in [-0.15, -0.1) is 0 Å². The third-order valence-electron chi connectivity index (χ3n) is 3.26. The molecule has 0 aliphatic heterocycles. The number of nitrogens with zero attached hydrogens (tertiary/aromatic N) is 2. The van der Waals surface area contributed by atoms with Gasteiger partial charge in [-0.25, -0.2) is 4.98 Å². The van der Waals surface area contributed by atoms with Crippen LogP contribution in [0.25, 0.3) is 0 Å². The second-order valence-electron chi connectivity index (χ2n) is 4.72. The number of hydrogen-bond acceptors (Lipinski definition) is 3. The molecule has 1 heterocycles. The van der Waals surface area contributed by atoms with Crippen molar-refractivity contribution in [3.8, 4) is 0 Å². The monoisotopic (exact) mass is 269 g/mol. The van der Waals surface area contributed by atoms with Gasteiger partial charge in [0, 0.05) is 20.1 Å². The van der Waals surface area contributed by atoms with Crippen LogP contribution in [0.5, 0.6) is 0 Å². The quantitative estimate of drug-likeness (QED) is 0.819. The average Bonchev–Trinajstić information content (AvgIpc) is 2.39. The fraction of sp³-hybridized carbons (Fsp3) is 0.643. The lowest BCUT2D eigenvalue weighted by Crippen LogP contribution is -2.28. The minimum Gasteiger partial charge on any atom is -0.373 e. The van der Waals surface area contributed by atoms with E-state index in [0.29, 0.717) is 5.92 Å². The Morgan fingerprint density at radius 2 is 2.11 bits per heavy atom. The molecule has 1 aromatic rings. The Bertz CT molecular complexity index is 368.